The number of benzene rings is 2. The second-order valence-corrected chi connectivity index (χ2v) is 8.62. The van der Waals surface area contributed by atoms with Gasteiger partial charge in [-0.15, -0.1) is 11.3 Å². The first-order valence-corrected chi connectivity index (χ1v) is 10.7. The van der Waals surface area contributed by atoms with Crippen molar-refractivity contribution >= 4 is 40.7 Å². The van der Waals surface area contributed by atoms with Crippen molar-refractivity contribution in [1.82, 2.24) is 15.2 Å². The lowest BCUT2D eigenvalue weighted by molar-refractivity contribution is 0.0963. The smallest absolute Gasteiger partial charge is 0.321 e. The molecule has 29 heavy (non-hydrogen) atoms. The van der Waals surface area contributed by atoms with E-state index >= 15 is 0 Å². The van der Waals surface area contributed by atoms with Gasteiger partial charge in [0, 0.05) is 47.9 Å². The lowest BCUT2D eigenvalue weighted by atomic mass is 10.1. The van der Waals surface area contributed by atoms with Gasteiger partial charge in [0.25, 0.3) is 5.91 Å². The van der Waals surface area contributed by atoms with Crippen LogP contribution in [0.2, 0.25) is 0 Å². The Hall–Kier alpha value is -2.84. The quantitative estimate of drug-likeness (QED) is 0.603. The molecular weight excluding hydrogens is 404 g/mol. The highest BCUT2D eigenvalue weighted by Crippen LogP contribution is 2.30. The highest BCUT2D eigenvalue weighted by molar-refractivity contribution is 8.01. The van der Waals surface area contributed by atoms with Crippen LogP contribution in [0.5, 0.6) is 0 Å². The van der Waals surface area contributed by atoms with E-state index in [9.17, 15) is 9.59 Å². The minimum Gasteiger partial charge on any atom is -0.355 e. The van der Waals surface area contributed by atoms with Gasteiger partial charge in [-0.05, 0) is 48.9 Å². The molecule has 3 rings (SSSR count). The molecule has 0 fully saturated rings. The van der Waals surface area contributed by atoms with Gasteiger partial charge in [0.05, 0.1) is 0 Å². The number of nitrogens with one attached hydrogen (secondary N) is 2. The van der Waals surface area contributed by atoms with Crippen LogP contribution in [0.25, 0.3) is 0 Å². The van der Waals surface area contributed by atoms with Crippen molar-refractivity contribution in [2.24, 2.45) is 0 Å². The monoisotopic (exact) mass is 426 g/mol. The Morgan fingerprint density at radius 2 is 1.79 bits per heavy atom. The minimum absolute atomic E-state index is 0.130. The van der Waals surface area contributed by atoms with Crippen LogP contribution in [0.1, 0.15) is 21.6 Å². The standard InChI is InChI=1S/C21H22N4O2S2/c1-14-13-28-21(23-14)29-18-10-8-17(9-11-18)24-20(27)25(3)12-15-4-6-16(7-5-15)19(26)22-2/h4-11,13H,12H2,1-3H3,(H,22,26)(H,24,27). The Morgan fingerprint density at radius 3 is 2.38 bits per heavy atom. The molecule has 0 bridgehead atoms. The van der Waals surface area contributed by atoms with Crippen molar-refractivity contribution in [3.63, 3.8) is 0 Å². The zero-order chi connectivity index (χ0) is 20.8. The Labute approximate surface area is 178 Å². The molecule has 0 saturated heterocycles. The zero-order valence-electron chi connectivity index (χ0n) is 16.4. The molecule has 0 unspecified atom stereocenters. The molecule has 3 amide bonds. The number of urea groups is 1. The van der Waals surface area contributed by atoms with E-state index in [-0.39, 0.29) is 11.9 Å². The molecule has 0 radical (unpaired) electrons. The number of thiazole rings is 1. The van der Waals surface area contributed by atoms with Crippen molar-refractivity contribution in [3.8, 4) is 0 Å². The number of hydrogen-bond acceptors (Lipinski definition) is 5. The normalized spacial score (nSPS) is 10.4. The van der Waals surface area contributed by atoms with Crippen LogP contribution < -0.4 is 10.6 Å². The Morgan fingerprint density at radius 1 is 1.10 bits per heavy atom. The van der Waals surface area contributed by atoms with Crippen LogP contribution in [-0.4, -0.2) is 35.9 Å². The first-order chi connectivity index (χ1) is 13.9. The fourth-order valence-electron chi connectivity index (χ4n) is 2.56. The van der Waals surface area contributed by atoms with E-state index in [1.54, 1.807) is 54.2 Å². The molecule has 1 aromatic heterocycles. The van der Waals surface area contributed by atoms with E-state index in [4.69, 9.17) is 0 Å². The Kier molecular flexibility index (Phi) is 6.90. The number of amides is 3. The topological polar surface area (TPSA) is 74.3 Å². The molecule has 0 saturated carbocycles. The molecule has 0 spiro atoms. The number of aromatic nitrogens is 1. The van der Waals surface area contributed by atoms with E-state index in [0.29, 0.717) is 12.1 Å². The predicted octanol–water partition coefficient (Wildman–Crippen LogP) is 4.63. The largest absolute Gasteiger partial charge is 0.355 e. The van der Waals surface area contributed by atoms with Crippen molar-refractivity contribution in [2.45, 2.75) is 22.7 Å². The third-order valence-electron chi connectivity index (χ3n) is 4.12. The number of aryl methyl sites for hydroxylation is 1. The third kappa shape index (κ3) is 5.82. The molecule has 0 aliphatic carbocycles. The van der Waals surface area contributed by atoms with Gasteiger partial charge in [-0.25, -0.2) is 9.78 Å². The van der Waals surface area contributed by atoms with E-state index in [0.717, 1.165) is 26.2 Å². The maximum absolute atomic E-state index is 12.5. The summed E-state index contributed by atoms with van der Waals surface area (Å²) in [5.74, 6) is -0.130. The highest BCUT2D eigenvalue weighted by Gasteiger charge is 2.11. The minimum atomic E-state index is -0.198. The fourth-order valence-corrected chi connectivity index (χ4v) is 4.37. The number of carbonyl (C=O) groups excluding carboxylic acids is 2. The number of carbonyl (C=O) groups is 2. The Balaban J connectivity index is 1.54. The average molecular weight is 427 g/mol. The van der Waals surface area contributed by atoms with Crippen LogP contribution in [-0.2, 0) is 6.54 Å². The average Bonchev–Trinajstić information content (AvgIpc) is 3.14. The molecule has 2 aromatic carbocycles. The van der Waals surface area contributed by atoms with Gasteiger partial charge in [-0.2, -0.15) is 0 Å². The van der Waals surface area contributed by atoms with E-state index < -0.39 is 0 Å². The summed E-state index contributed by atoms with van der Waals surface area (Å²) in [6.45, 7) is 2.42. The third-order valence-corrected chi connectivity index (χ3v) is 6.18. The SMILES string of the molecule is CNC(=O)c1ccc(CN(C)C(=O)Nc2ccc(Sc3nc(C)cs3)cc2)cc1. The van der Waals surface area contributed by atoms with E-state index in [2.05, 4.69) is 15.6 Å². The van der Waals surface area contributed by atoms with Gasteiger partial charge < -0.3 is 15.5 Å². The molecule has 1 heterocycles. The number of rotatable bonds is 6. The summed E-state index contributed by atoms with van der Waals surface area (Å²) in [5.41, 5.74) is 3.29. The molecular formula is C21H22N4O2S2. The number of anilines is 1. The second kappa shape index (κ2) is 9.58. The van der Waals surface area contributed by atoms with Crippen LogP contribution in [0, 0.1) is 6.92 Å². The molecule has 0 aliphatic heterocycles. The highest BCUT2D eigenvalue weighted by atomic mass is 32.2. The van der Waals surface area contributed by atoms with Gasteiger partial charge in [0.15, 0.2) is 4.34 Å². The van der Waals surface area contributed by atoms with Crippen LogP contribution in [0.4, 0.5) is 10.5 Å². The van der Waals surface area contributed by atoms with Gasteiger partial charge in [0.2, 0.25) is 0 Å². The molecule has 150 valence electrons. The Bertz CT molecular complexity index is 985. The first kappa shape index (κ1) is 20.9. The lowest BCUT2D eigenvalue weighted by Crippen LogP contribution is -2.30. The predicted molar refractivity (Wildman–Crippen MR) is 118 cm³/mol. The summed E-state index contributed by atoms with van der Waals surface area (Å²) >= 11 is 3.23. The summed E-state index contributed by atoms with van der Waals surface area (Å²) in [7, 11) is 3.33. The molecule has 2 N–H and O–H groups in total. The summed E-state index contributed by atoms with van der Waals surface area (Å²) < 4.78 is 1.00. The van der Waals surface area contributed by atoms with Crippen molar-refractivity contribution in [3.05, 3.63) is 70.7 Å². The van der Waals surface area contributed by atoms with Crippen LogP contribution in [0.15, 0.2) is 63.1 Å². The number of nitrogens with zero attached hydrogens (tertiary/aromatic N) is 2. The van der Waals surface area contributed by atoms with Crippen molar-refractivity contribution in [2.75, 3.05) is 19.4 Å². The van der Waals surface area contributed by atoms with E-state index in [1.165, 1.54) is 0 Å². The van der Waals surface area contributed by atoms with Crippen LogP contribution >= 0.6 is 23.1 Å². The molecule has 3 aromatic rings. The van der Waals surface area contributed by atoms with Crippen molar-refractivity contribution in [1.29, 1.82) is 0 Å². The molecule has 0 aliphatic rings. The zero-order valence-corrected chi connectivity index (χ0v) is 18.1. The van der Waals surface area contributed by atoms with Gasteiger partial charge in [-0.3, -0.25) is 4.79 Å². The summed E-state index contributed by atoms with van der Waals surface area (Å²) in [6, 6.07) is 14.7. The number of hydrogen-bond donors (Lipinski definition) is 2. The lowest BCUT2D eigenvalue weighted by Gasteiger charge is -2.18. The van der Waals surface area contributed by atoms with Gasteiger partial charge >= 0.3 is 6.03 Å². The molecule has 0 atom stereocenters. The summed E-state index contributed by atoms with van der Waals surface area (Å²) in [6.07, 6.45) is 0. The fraction of sp³-hybridized carbons (Fsp3) is 0.190. The van der Waals surface area contributed by atoms with Crippen LogP contribution in [0.3, 0.4) is 0 Å². The van der Waals surface area contributed by atoms with Gasteiger partial charge in [0.1, 0.15) is 0 Å². The first-order valence-electron chi connectivity index (χ1n) is 8.98. The molecule has 8 heteroatoms. The summed E-state index contributed by atoms with van der Waals surface area (Å²) in [4.78, 5) is 31.2. The van der Waals surface area contributed by atoms with E-state index in [1.807, 2.05) is 48.7 Å². The summed E-state index contributed by atoms with van der Waals surface area (Å²) in [5, 5.41) is 7.51. The second-order valence-electron chi connectivity index (χ2n) is 6.44. The maximum Gasteiger partial charge on any atom is 0.321 e. The molecule has 6 nitrogen and oxygen atoms in total. The van der Waals surface area contributed by atoms with Crippen molar-refractivity contribution < 1.29 is 9.59 Å². The maximum atomic E-state index is 12.5. The van der Waals surface area contributed by atoms with Gasteiger partial charge in [-0.1, -0.05) is 23.9 Å².